The molecular formula is C12H18N2O3. The van der Waals surface area contributed by atoms with Gasteiger partial charge in [-0.05, 0) is 12.1 Å². The zero-order chi connectivity index (χ0) is 12.8. The van der Waals surface area contributed by atoms with E-state index in [1.807, 2.05) is 43.3 Å². The molecule has 5 heteroatoms. The number of carbonyl (C=O) groups is 1. The van der Waals surface area contributed by atoms with E-state index in [0.717, 1.165) is 5.69 Å². The first-order valence-corrected chi connectivity index (χ1v) is 5.39. The van der Waals surface area contributed by atoms with Gasteiger partial charge in [0.2, 0.25) is 0 Å². The smallest absolute Gasteiger partial charge is 0.320 e. The molecule has 0 aliphatic carbocycles. The summed E-state index contributed by atoms with van der Waals surface area (Å²) in [6, 6.07) is 6.72. The highest BCUT2D eigenvalue weighted by Crippen LogP contribution is 2.19. The normalized spacial score (nSPS) is 11.9. The second-order valence-corrected chi connectivity index (χ2v) is 3.97. The van der Waals surface area contributed by atoms with Crippen LogP contribution in [-0.4, -0.2) is 37.8 Å². The molecule has 0 bridgehead atoms. The van der Waals surface area contributed by atoms with Crippen LogP contribution in [0.4, 0.5) is 5.69 Å². The Hall–Kier alpha value is -1.75. The van der Waals surface area contributed by atoms with Crippen molar-refractivity contribution in [3.05, 3.63) is 24.3 Å². The average Bonchev–Trinajstić information content (AvgIpc) is 2.29. The Labute approximate surface area is 101 Å². The Morgan fingerprint density at radius 1 is 1.53 bits per heavy atom. The minimum atomic E-state index is -1.00. The molecule has 0 spiro atoms. The fourth-order valence-electron chi connectivity index (χ4n) is 1.28. The van der Waals surface area contributed by atoms with E-state index in [-0.39, 0.29) is 0 Å². The van der Waals surface area contributed by atoms with Gasteiger partial charge in [0.1, 0.15) is 11.8 Å². The Balaban J connectivity index is 2.47. The molecule has 0 amide bonds. The van der Waals surface area contributed by atoms with Crippen LogP contribution in [0.3, 0.4) is 0 Å². The molecule has 0 saturated heterocycles. The van der Waals surface area contributed by atoms with Crippen LogP contribution in [0, 0.1) is 0 Å². The van der Waals surface area contributed by atoms with E-state index in [2.05, 4.69) is 0 Å². The molecule has 94 valence electrons. The van der Waals surface area contributed by atoms with Crippen LogP contribution >= 0.6 is 0 Å². The maximum atomic E-state index is 10.5. The fraction of sp³-hybridized carbons (Fsp3) is 0.417. The standard InChI is InChI=1S/C12H18N2O3/c1-14(2)9-4-3-5-10(8-9)17-7-6-11(13)12(15)16/h3-5,8,11H,6-7,13H2,1-2H3,(H,15,16). The first-order valence-electron chi connectivity index (χ1n) is 5.39. The summed E-state index contributed by atoms with van der Waals surface area (Å²) in [6.45, 7) is 0.296. The van der Waals surface area contributed by atoms with E-state index in [4.69, 9.17) is 15.6 Å². The van der Waals surface area contributed by atoms with Gasteiger partial charge < -0.3 is 20.5 Å². The SMILES string of the molecule is CN(C)c1cccc(OCCC(N)C(=O)O)c1. The lowest BCUT2D eigenvalue weighted by Crippen LogP contribution is -2.31. The number of nitrogens with two attached hydrogens (primary N) is 1. The molecule has 5 nitrogen and oxygen atoms in total. The third kappa shape index (κ3) is 4.32. The number of benzene rings is 1. The highest BCUT2D eigenvalue weighted by atomic mass is 16.5. The summed E-state index contributed by atoms with van der Waals surface area (Å²) >= 11 is 0. The zero-order valence-corrected chi connectivity index (χ0v) is 10.1. The Kier molecular flexibility index (Phi) is 4.78. The van der Waals surface area contributed by atoms with Crippen LogP contribution in [-0.2, 0) is 4.79 Å². The maximum absolute atomic E-state index is 10.5. The Morgan fingerprint density at radius 2 is 2.24 bits per heavy atom. The molecule has 0 radical (unpaired) electrons. The molecule has 0 aliphatic heterocycles. The summed E-state index contributed by atoms with van der Waals surface area (Å²) in [4.78, 5) is 12.5. The van der Waals surface area contributed by atoms with Crippen LogP contribution in [0.1, 0.15) is 6.42 Å². The second-order valence-electron chi connectivity index (χ2n) is 3.97. The summed E-state index contributed by atoms with van der Waals surface area (Å²) in [5, 5.41) is 8.61. The summed E-state index contributed by atoms with van der Waals surface area (Å²) in [5.41, 5.74) is 6.40. The molecule has 1 aromatic rings. The van der Waals surface area contributed by atoms with Crippen LogP contribution in [0.15, 0.2) is 24.3 Å². The minimum absolute atomic E-state index is 0.293. The average molecular weight is 238 g/mol. The van der Waals surface area contributed by atoms with Crippen LogP contribution in [0.25, 0.3) is 0 Å². The molecule has 0 fully saturated rings. The van der Waals surface area contributed by atoms with Gasteiger partial charge in [0.25, 0.3) is 0 Å². The number of carboxylic acid groups (broad SMARTS) is 1. The van der Waals surface area contributed by atoms with Gasteiger partial charge >= 0.3 is 5.97 Å². The third-order valence-electron chi connectivity index (χ3n) is 2.35. The van der Waals surface area contributed by atoms with Gasteiger partial charge in [0.15, 0.2) is 0 Å². The molecule has 0 saturated carbocycles. The summed E-state index contributed by atoms with van der Waals surface area (Å²) < 4.78 is 5.45. The number of hydrogen-bond acceptors (Lipinski definition) is 4. The van der Waals surface area contributed by atoms with Crippen LogP contribution < -0.4 is 15.4 Å². The lowest BCUT2D eigenvalue weighted by molar-refractivity contribution is -0.138. The van der Waals surface area contributed by atoms with E-state index < -0.39 is 12.0 Å². The monoisotopic (exact) mass is 238 g/mol. The van der Waals surface area contributed by atoms with Crippen LogP contribution in [0.5, 0.6) is 5.75 Å². The van der Waals surface area contributed by atoms with Crippen LogP contribution in [0.2, 0.25) is 0 Å². The van der Waals surface area contributed by atoms with Crippen molar-refractivity contribution < 1.29 is 14.6 Å². The van der Waals surface area contributed by atoms with E-state index in [0.29, 0.717) is 18.8 Å². The minimum Gasteiger partial charge on any atom is -0.493 e. The van der Waals surface area contributed by atoms with Crippen molar-refractivity contribution in [3.63, 3.8) is 0 Å². The summed E-state index contributed by atoms with van der Waals surface area (Å²) in [6.07, 6.45) is 0.293. The molecule has 0 aromatic heterocycles. The highest BCUT2D eigenvalue weighted by Gasteiger charge is 2.10. The van der Waals surface area contributed by atoms with Gasteiger partial charge in [-0.1, -0.05) is 6.07 Å². The van der Waals surface area contributed by atoms with Gasteiger partial charge in [-0.25, -0.2) is 0 Å². The zero-order valence-electron chi connectivity index (χ0n) is 10.1. The van der Waals surface area contributed by atoms with E-state index in [9.17, 15) is 4.79 Å². The third-order valence-corrected chi connectivity index (χ3v) is 2.35. The summed E-state index contributed by atoms with van der Waals surface area (Å²) in [7, 11) is 3.89. The van der Waals surface area contributed by atoms with Crippen molar-refractivity contribution in [2.75, 3.05) is 25.6 Å². The highest BCUT2D eigenvalue weighted by molar-refractivity contribution is 5.72. The van der Waals surface area contributed by atoms with E-state index >= 15 is 0 Å². The lowest BCUT2D eigenvalue weighted by Gasteiger charge is -2.14. The van der Waals surface area contributed by atoms with Gasteiger partial charge in [-0.15, -0.1) is 0 Å². The number of rotatable bonds is 6. The second kappa shape index (κ2) is 6.10. The van der Waals surface area contributed by atoms with E-state index in [1.54, 1.807) is 0 Å². The Morgan fingerprint density at radius 3 is 2.82 bits per heavy atom. The summed E-state index contributed by atoms with van der Waals surface area (Å²) in [5.74, 6) is -0.288. The number of anilines is 1. The van der Waals surface area contributed by atoms with Crippen molar-refractivity contribution in [2.45, 2.75) is 12.5 Å². The molecule has 1 aromatic carbocycles. The quantitative estimate of drug-likeness (QED) is 0.771. The molecule has 1 rings (SSSR count). The number of hydrogen-bond donors (Lipinski definition) is 2. The lowest BCUT2D eigenvalue weighted by atomic mass is 10.2. The molecule has 3 N–H and O–H groups in total. The number of aliphatic carboxylic acids is 1. The molecule has 0 aliphatic rings. The van der Waals surface area contributed by atoms with Crippen molar-refractivity contribution in [2.24, 2.45) is 5.73 Å². The predicted molar refractivity (Wildman–Crippen MR) is 66.5 cm³/mol. The van der Waals surface area contributed by atoms with Gasteiger partial charge in [-0.2, -0.15) is 0 Å². The van der Waals surface area contributed by atoms with Crippen molar-refractivity contribution in [1.82, 2.24) is 0 Å². The van der Waals surface area contributed by atoms with Crippen molar-refractivity contribution in [3.8, 4) is 5.75 Å². The van der Waals surface area contributed by atoms with Gasteiger partial charge in [0, 0.05) is 32.3 Å². The molecule has 1 atom stereocenters. The van der Waals surface area contributed by atoms with E-state index in [1.165, 1.54) is 0 Å². The first-order chi connectivity index (χ1) is 8.00. The molecule has 1 unspecified atom stereocenters. The van der Waals surface area contributed by atoms with Crippen molar-refractivity contribution in [1.29, 1.82) is 0 Å². The topological polar surface area (TPSA) is 75.8 Å². The first kappa shape index (κ1) is 13.3. The Bertz CT molecular complexity index is 380. The molecule has 17 heavy (non-hydrogen) atoms. The fourth-order valence-corrected chi connectivity index (χ4v) is 1.28. The maximum Gasteiger partial charge on any atom is 0.320 e. The largest absolute Gasteiger partial charge is 0.493 e. The predicted octanol–water partition coefficient (Wildman–Crippen LogP) is 0.933. The number of carboxylic acids is 1. The molecule has 0 heterocycles. The number of ether oxygens (including phenoxy) is 1. The number of nitrogens with zero attached hydrogens (tertiary/aromatic N) is 1. The van der Waals surface area contributed by atoms with Gasteiger partial charge in [-0.3, -0.25) is 4.79 Å². The molecular weight excluding hydrogens is 220 g/mol. The van der Waals surface area contributed by atoms with Gasteiger partial charge in [0.05, 0.1) is 6.61 Å². The van der Waals surface area contributed by atoms with Crippen molar-refractivity contribution >= 4 is 11.7 Å².